The van der Waals surface area contributed by atoms with Crippen LogP contribution in [0.5, 0.6) is 0 Å². The molecule has 0 spiro atoms. The summed E-state index contributed by atoms with van der Waals surface area (Å²) in [4.78, 5) is 30.7. The fraction of sp³-hybridized carbons (Fsp3) is 0.350. The molecule has 2 amide bonds. The largest absolute Gasteiger partial charge is 0.351 e. The van der Waals surface area contributed by atoms with Gasteiger partial charge in [0.25, 0.3) is 0 Å². The second-order valence-electron chi connectivity index (χ2n) is 6.77. The summed E-state index contributed by atoms with van der Waals surface area (Å²) in [5.74, 6) is -0.0788. The van der Waals surface area contributed by atoms with Gasteiger partial charge in [0.2, 0.25) is 11.8 Å². The van der Waals surface area contributed by atoms with Gasteiger partial charge in [-0.05, 0) is 60.1 Å². The number of rotatable bonds is 6. The van der Waals surface area contributed by atoms with Crippen LogP contribution in [0.1, 0.15) is 18.4 Å². The number of carbonyl (C=O) groups excluding carboxylic acids is 2. The number of carbonyl (C=O) groups is 2. The van der Waals surface area contributed by atoms with Crippen LogP contribution in [0.4, 0.5) is 10.2 Å². The van der Waals surface area contributed by atoms with Crippen LogP contribution in [0.25, 0.3) is 0 Å². The number of hydrogen-bond donors (Lipinski definition) is 2. The summed E-state index contributed by atoms with van der Waals surface area (Å²) in [7, 11) is 0. The molecule has 2 N–H and O–H groups in total. The van der Waals surface area contributed by atoms with E-state index in [-0.39, 0.29) is 36.6 Å². The second-order valence-corrected chi connectivity index (χ2v) is 7.69. The Balaban J connectivity index is 1.39. The van der Waals surface area contributed by atoms with Crippen molar-refractivity contribution in [3.63, 3.8) is 0 Å². The van der Waals surface area contributed by atoms with Crippen molar-refractivity contribution in [1.82, 2.24) is 15.2 Å². The molecule has 8 heteroatoms. The number of aromatic nitrogens is 1. The van der Waals surface area contributed by atoms with E-state index < -0.39 is 0 Å². The molecule has 28 heavy (non-hydrogen) atoms. The second kappa shape index (κ2) is 9.75. The maximum Gasteiger partial charge on any atom is 0.234 e. The molecule has 1 fully saturated rings. The smallest absolute Gasteiger partial charge is 0.234 e. The Kier molecular flexibility index (Phi) is 7.11. The Morgan fingerprint density at radius 3 is 2.61 bits per heavy atom. The number of likely N-dealkylation sites (tertiary alicyclic amines) is 1. The molecular formula is C20H22BrFN4O2. The lowest BCUT2D eigenvalue weighted by Crippen LogP contribution is -2.43. The highest BCUT2D eigenvalue weighted by Crippen LogP contribution is 2.19. The Labute approximate surface area is 171 Å². The van der Waals surface area contributed by atoms with Crippen LogP contribution >= 0.6 is 15.9 Å². The van der Waals surface area contributed by atoms with E-state index in [2.05, 4.69) is 31.5 Å². The maximum atomic E-state index is 13.6. The van der Waals surface area contributed by atoms with E-state index in [9.17, 15) is 14.0 Å². The monoisotopic (exact) mass is 448 g/mol. The zero-order valence-corrected chi connectivity index (χ0v) is 16.9. The highest BCUT2D eigenvalue weighted by atomic mass is 79.9. The van der Waals surface area contributed by atoms with E-state index >= 15 is 0 Å². The van der Waals surface area contributed by atoms with Crippen molar-refractivity contribution in [2.75, 3.05) is 25.0 Å². The number of halogens is 2. The fourth-order valence-corrected chi connectivity index (χ4v) is 3.36. The van der Waals surface area contributed by atoms with Crippen molar-refractivity contribution in [3.8, 4) is 0 Å². The maximum absolute atomic E-state index is 13.6. The SMILES string of the molecule is O=C(CN1CCC(C(=O)Nc2ccc(Br)cn2)CC1)NCc1ccccc1F. The standard InChI is InChI=1S/C20H22BrFN4O2/c21-16-5-6-18(23-12-16)25-20(28)14-7-9-26(10-8-14)13-19(27)24-11-15-3-1-2-4-17(15)22/h1-6,12,14H,7-11,13H2,(H,24,27)(H,23,25,28). The number of anilines is 1. The van der Waals surface area contributed by atoms with Crippen LogP contribution in [0.15, 0.2) is 47.1 Å². The van der Waals surface area contributed by atoms with Crippen molar-refractivity contribution < 1.29 is 14.0 Å². The van der Waals surface area contributed by atoms with Crippen molar-refractivity contribution in [2.24, 2.45) is 5.92 Å². The molecule has 1 aliphatic heterocycles. The van der Waals surface area contributed by atoms with Crippen LogP contribution in [0, 0.1) is 11.7 Å². The van der Waals surface area contributed by atoms with Gasteiger partial charge in [0.15, 0.2) is 0 Å². The number of hydrogen-bond acceptors (Lipinski definition) is 4. The molecule has 1 saturated heterocycles. The first-order valence-corrected chi connectivity index (χ1v) is 9.95. The Hall–Kier alpha value is -2.32. The number of benzene rings is 1. The van der Waals surface area contributed by atoms with Gasteiger partial charge in [-0.1, -0.05) is 18.2 Å². The topological polar surface area (TPSA) is 74.3 Å². The molecule has 0 aliphatic carbocycles. The first kappa shape index (κ1) is 20.4. The summed E-state index contributed by atoms with van der Waals surface area (Å²) in [5, 5.41) is 5.58. The van der Waals surface area contributed by atoms with Gasteiger partial charge >= 0.3 is 0 Å². The third-order valence-electron chi connectivity index (χ3n) is 4.74. The zero-order valence-electron chi connectivity index (χ0n) is 15.3. The van der Waals surface area contributed by atoms with Crippen LogP contribution in [0.2, 0.25) is 0 Å². The van der Waals surface area contributed by atoms with Gasteiger partial charge in [0.05, 0.1) is 6.54 Å². The molecule has 0 saturated carbocycles. The molecule has 0 atom stereocenters. The van der Waals surface area contributed by atoms with Gasteiger partial charge in [-0.3, -0.25) is 14.5 Å². The summed E-state index contributed by atoms with van der Waals surface area (Å²) >= 11 is 3.31. The summed E-state index contributed by atoms with van der Waals surface area (Å²) in [6, 6.07) is 9.96. The predicted molar refractivity (Wildman–Crippen MR) is 108 cm³/mol. The molecule has 1 aromatic heterocycles. The summed E-state index contributed by atoms with van der Waals surface area (Å²) in [5.41, 5.74) is 0.466. The lowest BCUT2D eigenvalue weighted by molar-refractivity contribution is -0.123. The van der Waals surface area contributed by atoms with Crippen molar-refractivity contribution in [2.45, 2.75) is 19.4 Å². The van der Waals surface area contributed by atoms with E-state index in [1.165, 1.54) is 6.07 Å². The average molecular weight is 449 g/mol. The number of nitrogens with zero attached hydrogens (tertiary/aromatic N) is 2. The minimum atomic E-state index is -0.324. The highest BCUT2D eigenvalue weighted by Gasteiger charge is 2.26. The zero-order chi connectivity index (χ0) is 19.9. The van der Waals surface area contributed by atoms with Gasteiger partial charge in [0, 0.05) is 28.7 Å². The Morgan fingerprint density at radius 2 is 1.93 bits per heavy atom. The van der Waals surface area contributed by atoms with Gasteiger partial charge < -0.3 is 10.6 Å². The molecule has 3 rings (SSSR count). The number of amides is 2. The van der Waals surface area contributed by atoms with Gasteiger partial charge in [-0.25, -0.2) is 9.37 Å². The van der Waals surface area contributed by atoms with Crippen LogP contribution in [-0.2, 0) is 16.1 Å². The average Bonchev–Trinajstić information content (AvgIpc) is 2.69. The molecule has 2 aromatic rings. The number of nitrogens with one attached hydrogen (secondary N) is 2. The van der Waals surface area contributed by atoms with E-state index in [4.69, 9.17) is 0 Å². The van der Waals surface area contributed by atoms with Crippen LogP contribution in [-0.4, -0.2) is 41.3 Å². The molecule has 1 aromatic carbocycles. The van der Waals surface area contributed by atoms with Crippen molar-refractivity contribution in [1.29, 1.82) is 0 Å². The molecular weight excluding hydrogens is 427 g/mol. The van der Waals surface area contributed by atoms with Crippen LogP contribution in [0.3, 0.4) is 0 Å². The van der Waals surface area contributed by atoms with E-state index in [0.717, 1.165) is 4.47 Å². The quantitative estimate of drug-likeness (QED) is 0.712. The highest BCUT2D eigenvalue weighted by molar-refractivity contribution is 9.10. The van der Waals surface area contributed by atoms with E-state index in [1.54, 1.807) is 30.5 Å². The molecule has 6 nitrogen and oxygen atoms in total. The Bertz CT molecular complexity index is 823. The van der Waals surface area contributed by atoms with E-state index in [0.29, 0.717) is 37.3 Å². The molecule has 148 valence electrons. The molecule has 2 heterocycles. The summed E-state index contributed by atoms with van der Waals surface area (Å²) < 4.78 is 14.4. The third kappa shape index (κ3) is 5.84. The molecule has 1 aliphatic rings. The van der Waals surface area contributed by atoms with Gasteiger partial charge in [0.1, 0.15) is 11.6 Å². The first-order chi connectivity index (χ1) is 13.5. The third-order valence-corrected chi connectivity index (χ3v) is 5.21. The van der Waals surface area contributed by atoms with Crippen molar-refractivity contribution in [3.05, 3.63) is 58.4 Å². The summed E-state index contributed by atoms with van der Waals surface area (Å²) in [6.07, 6.45) is 3.00. The Morgan fingerprint density at radius 1 is 1.18 bits per heavy atom. The van der Waals surface area contributed by atoms with Gasteiger partial charge in [-0.2, -0.15) is 0 Å². The van der Waals surface area contributed by atoms with Crippen molar-refractivity contribution >= 4 is 33.6 Å². The molecule has 0 radical (unpaired) electrons. The van der Waals surface area contributed by atoms with E-state index in [1.807, 2.05) is 11.0 Å². The predicted octanol–water partition coefficient (Wildman–Crippen LogP) is 2.95. The summed E-state index contributed by atoms with van der Waals surface area (Å²) in [6.45, 7) is 1.75. The lowest BCUT2D eigenvalue weighted by Gasteiger charge is -2.30. The normalized spacial score (nSPS) is 15.2. The van der Waals surface area contributed by atoms with Crippen LogP contribution < -0.4 is 10.6 Å². The molecule has 0 bridgehead atoms. The lowest BCUT2D eigenvalue weighted by atomic mass is 9.96. The molecule has 0 unspecified atom stereocenters. The fourth-order valence-electron chi connectivity index (χ4n) is 3.13. The number of piperidine rings is 1. The minimum Gasteiger partial charge on any atom is -0.351 e. The minimum absolute atomic E-state index is 0.0431. The van der Waals surface area contributed by atoms with Gasteiger partial charge in [-0.15, -0.1) is 0 Å². The first-order valence-electron chi connectivity index (χ1n) is 9.16. The number of pyridine rings is 1.